The predicted molar refractivity (Wildman–Crippen MR) is 86.8 cm³/mol. The lowest BCUT2D eigenvalue weighted by atomic mass is 10.1. The highest BCUT2D eigenvalue weighted by atomic mass is 79.9. The van der Waals surface area contributed by atoms with E-state index in [-0.39, 0.29) is 5.91 Å². The molecule has 0 heterocycles. The van der Waals surface area contributed by atoms with Crippen LogP contribution < -0.4 is 11.1 Å². The zero-order valence-electron chi connectivity index (χ0n) is 11.1. The third-order valence-electron chi connectivity index (χ3n) is 3.04. The number of hydrogen-bond acceptors (Lipinski definition) is 2. The summed E-state index contributed by atoms with van der Waals surface area (Å²) in [6, 6.07) is 10.1. The van der Waals surface area contributed by atoms with E-state index in [1.807, 2.05) is 0 Å². The second kappa shape index (κ2) is 6.28. The molecule has 2 aromatic carbocycles. The van der Waals surface area contributed by atoms with Crippen molar-refractivity contribution in [2.24, 2.45) is 5.73 Å². The van der Waals surface area contributed by atoms with Gasteiger partial charge in [0.1, 0.15) is 0 Å². The number of halogens is 2. The molecule has 4 nitrogen and oxygen atoms in total. The molecule has 0 bridgehead atoms. The second-order valence-corrected chi connectivity index (χ2v) is 5.63. The number of amides is 2. The van der Waals surface area contributed by atoms with E-state index in [4.69, 9.17) is 17.3 Å². The number of primary amides is 1. The van der Waals surface area contributed by atoms with Gasteiger partial charge in [-0.15, -0.1) is 0 Å². The fraction of sp³-hybridized carbons (Fsp3) is 0.0667. The molecule has 0 saturated carbocycles. The maximum atomic E-state index is 12.3. The van der Waals surface area contributed by atoms with Crippen LogP contribution >= 0.6 is 27.5 Å². The number of rotatable bonds is 3. The molecule has 0 unspecified atom stereocenters. The van der Waals surface area contributed by atoms with Crippen molar-refractivity contribution < 1.29 is 9.59 Å². The lowest BCUT2D eigenvalue weighted by molar-refractivity contribution is 0.0995. The van der Waals surface area contributed by atoms with Crippen LogP contribution in [0.25, 0.3) is 0 Å². The topological polar surface area (TPSA) is 72.2 Å². The van der Waals surface area contributed by atoms with Gasteiger partial charge in [0, 0.05) is 15.7 Å². The Labute approximate surface area is 135 Å². The van der Waals surface area contributed by atoms with Crippen molar-refractivity contribution in [2.75, 3.05) is 5.32 Å². The highest BCUT2D eigenvalue weighted by Gasteiger charge is 2.15. The van der Waals surface area contributed by atoms with Crippen LogP contribution in [0.1, 0.15) is 26.3 Å². The van der Waals surface area contributed by atoms with Gasteiger partial charge in [-0.3, -0.25) is 9.59 Å². The van der Waals surface area contributed by atoms with E-state index in [0.29, 0.717) is 31.9 Å². The molecule has 0 fully saturated rings. The average molecular weight is 368 g/mol. The normalized spacial score (nSPS) is 10.2. The van der Waals surface area contributed by atoms with Gasteiger partial charge in [-0.25, -0.2) is 0 Å². The summed E-state index contributed by atoms with van der Waals surface area (Å²) in [4.78, 5) is 23.6. The summed E-state index contributed by atoms with van der Waals surface area (Å²) in [5, 5.41) is 3.07. The minimum absolute atomic E-state index is 0.332. The van der Waals surface area contributed by atoms with Gasteiger partial charge in [0.05, 0.1) is 10.6 Å². The summed E-state index contributed by atoms with van der Waals surface area (Å²) < 4.78 is 0.638. The molecule has 0 aliphatic carbocycles. The van der Waals surface area contributed by atoms with E-state index < -0.39 is 5.91 Å². The fourth-order valence-corrected chi connectivity index (χ4v) is 2.48. The van der Waals surface area contributed by atoms with E-state index in [9.17, 15) is 9.59 Å². The molecule has 21 heavy (non-hydrogen) atoms. The molecule has 2 rings (SSSR count). The molecule has 0 aliphatic heterocycles. The summed E-state index contributed by atoms with van der Waals surface area (Å²) in [6.07, 6.45) is 0. The second-order valence-electron chi connectivity index (χ2n) is 4.40. The van der Waals surface area contributed by atoms with Crippen molar-refractivity contribution in [2.45, 2.75) is 6.92 Å². The van der Waals surface area contributed by atoms with Gasteiger partial charge in [0.15, 0.2) is 0 Å². The Morgan fingerprint density at radius 2 is 1.76 bits per heavy atom. The van der Waals surface area contributed by atoms with Crippen LogP contribution in [0.5, 0.6) is 0 Å². The van der Waals surface area contributed by atoms with Crippen LogP contribution in [-0.4, -0.2) is 11.8 Å². The smallest absolute Gasteiger partial charge is 0.257 e. The first-order valence-corrected chi connectivity index (χ1v) is 7.23. The average Bonchev–Trinajstić information content (AvgIpc) is 2.43. The maximum absolute atomic E-state index is 12.3. The lowest BCUT2D eigenvalue weighted by Crippen LogP contribution is -2.17. The maximum Gasteiger partial charge on any atom is 0.257 e. The minimum atomic E-state index is -0.538. The largest absolute Gasteiger partial charge is 0.366 e. The first kappa shape index (κ1) is 15.5. The van der Waals surface area contributed by atoms with Crippen LogP contribution in [0.4, 0.5) is 5.69 Å². The third-order valence-corrected chi connectivity index (χ3v) is 4.34. The molecule has 6 heteroatoms. The Balaban J connectivity index is 2.34. The van der Waals surface area contributed by atoms with E-state index >= 15 is 0 Å². The third kappa shape index (κ3) is 3.25. The summed E-state index contributed by atoms with van der Waals surface area (Å²) in [5.41, 5.74) is 7.14. The Bertz CT molecular complexity index is 732. The van der Waals surface area contributed by atoms with Gasteiger partial charge >= 0.3 is 0 Å². The summed E-state index contributed by atoms with van der Waals surface area (Å²) >= 11 is 9.37. The van der Waals surface area contributed by atoms with Gasteiger partial charge in [-0.2, -0.15) is 0 Å². The van der Waals surface area contributed by atoms with E-state index in [0.717, 1.165) is 0 Å². The van der Waals surface area contributed by atoms with E-state index in [2.05, 4.69) is 21.2 Å². The van der Waals surface area contributed by atoms with Gasteiger partial charge < -0.3 is 11.1 Å². The number of carbonyl (C=O) groups excluding carboxylic acids is 2. The van der Waals surface area contributed by atoms with Crippen molar-refractivity contribution in [3.63, 3.8) is 0 Å². The van der Waals surface area contributed by atoms with Gasteiger partial charge in [0.25, 0.3) is 5.91 Å². The Hall–Kier alpha value is -1.85. The monoisotopic (exact) mass is 366 g/mol. The van der Waals surface area contributed by atoms with Crippen molar-refractivity contribution in [3.8, 4) is 0 Å². The predicted octanol–water partition coefficient (Wildman–Crippen LogP) is 3.76. The molecular formula is C15H12BrClN2O2. The Morgan fingerprint density at radius 1 is 1.14 bits per heavy atom. The summed E-state index contributed by atoms with van der Waals surface area (Å²) in [6.45, 7) is 1.72. The molecule has 0 spiro atoms. The molecule has 0 aliphatic rings. The zero-order chi connectivity index (χ0) is 15.6. The van der Waals surface area contributed by atoms with Crippen LogP contribution in [0.3, 0.4) is 0 Å². The number of hydrogen-bond donors (Lipinski definition) is 2. The standard InChI is InChI=1S/C15H12BrClN2O2/c1-8-9(14(18)20)4-3-7-12(8)19-15(21)10-5-2-6-11(16)13(10)17/h2-7H,1H3,(H2,18,20)(H,19,21). The number of benzene rings is 2. The lowest BCUT2D eigenvalue weighted by Gasteiger charge is -2.12. The number of nitrogens with two attached hydrogens (primary N) is 1. The highest BCUT2D eigenvalue weighted by Crippen LogP contribution is 2.27. The van der Waals surface area contributed by atoms with Crippen molar-refractivity contribution in [1.29, 1.82) is 0 Å². The van der Waals surface area contributed by atoms with Crippen LogP contribution in [0.15, 0.2) is 40.9 Å². The number of carbonyl (C=O) groups is 2. The van der Waals surface area contributed by atoms with Crippen LogP contribution in [0.2, 0.25) is 5.02 Å². The van der Waals surface area contributed by atoms with Gasteiger partial charge in [0.2, 0.25) is 5.91 Å². The zero-order valence-corrected chi connectivity index (χ0v) is 13.5. The summed E-state index contributed by atoms with van der Waals surface area (Å²) in [5.74, 6) is -0.893. The number of nitrogens with one attached hydrogen (secondary N) is 1. The Kier molecular flexibility index (Phi) is 4.65. The van der Waals surface area contributed by atoms with Crippen LogP contribution in [-0.2, 0) is 0 Å². The van der Waals surface area contributed by atoms with Gasteiger partial charge in [-0.05, 0) is 52.7 Å². The molecule has 0 aromatic heterocycles. The molecule has 0 radical (unpaired) electrons. The molecule has 0 saturated heterocycles. The first-order chi connectivity index (χ1) is 9.91. The van der Waals surface area contributed by atoms with Crippen molar-refractivity contribution >= 4 is 45.0 Å². The SMILES string of the molecule is Cc1c(NC(=O)c2cccc(Br)c2Cl)cccc1C(N)=O. The quantitative estimate of drug-likeness (QED) is 0.867. The summed E-state index contributed by atoms with van der Waals surface area (Å²) in [7, 11) is 0. The molecule has 108 valence electrons. The molecule has 0 atom stereocenters. The van der Waals surface area contributed by atoms with E-state index in [1.54, 1.807) is 43.3 Å². The van der Waals surface area contributed by atoms with Crippen molar-refractivity contribution in [1.82, 2.24) is 0 Å². The van der Waals surface area contributed by atoms with Crippen LogP contribution in [0, 0.1) is 6.92 Å². The molecule has 2 aromatic rings. The highest BCUT2D eigenvalue weighted by molar-refractivity contribution is 9.10. The van der Waals surface area contributed by atoms with Gasteiger partial charge in [-0.1, -0.05) is 23.7 Å². The molecule has 2 amide bonds. The number of anilines is 1. The fourth-order valence-electron chi connectivity index (χ4n) is 1.91. The minimum Gasteiger partial charge on any atom is -0.366 e. The molecule has 3 N–H and O–H groups in total. The Morgan fingerprint density at radius 3 is 2.43 bits per heavy atom. The molecular weight excluding hydrogens is 356 g/mol. The van der Waals surface area contributed by atoms with E-state index in [1.165, 1.54) is 0 Å². The van der Waals surface area contributed by atoms with Crippen molar-refractivity contribution in [3.05, 3.63) is 62.6 Å². The first-order valence-electron chi connectivity index (χ1n) is 6.06.